The maximum atomic E-state index is 4.75. The molecule has 0 atom stereocenters. The van der Waals surface area contributed by atoms with Gasteiger partial charge in [-0.15, -0.1) is 11.3 Å². The van der Waals surface area contributed by atoms with Gasteiger partial charge in [0.2, 0.25) is 0 Å². The maximum absolute atomic E-state index is 4.75. The quantitative estimate of drug-likeness (QED) is 0.599. The third-order valence-corrected chi connectivity index (χ3v) is 5.99. The molecule has 6 heteroatoms. The lowest BCUT2D eigenvalue weighted by molar-refractivity contribution is 0.460. The predicted octanol–water partition coefficient (Wildman–Crippen LogP) is 3.71. The molecular weight excluding hydrogens is 330 g/mol. The normalized spacial score (nSPS) is 16.0. The molecular formula is C19H19N5S. The Morgan fingerprint density at radius 1 is 1.20 bits per heavy atom. The summed E-state index contributed by atoms with van der Waals surface area (Å²) in [7, 11) is 1.95. The van der Waals surface area contributed by atoms with Gasteiger partial charge in [0.25, 0.3) is 0 Å². The number of piperidine rings is 1. The zero-order chi connectivity index (χ0) is 16.8. The molecule has 1 fully saturated rings. The minimum Gasteiger partial charge on any atom is -0.317 e. The van der Waals surface area contributed by atoms with Crippen LogP contribution in [0.1, 0.15) is 24.3 Å². The molecule has 0 unspecified atom stereocenters. The van der Waals surface area contributed by atoms with Crippen molar-refractivity contribution in [3.05, 3.63) is 42.2 Å². The van der Waals surface area contributed by atoms with Crippen LogP contribution in [0.3, 0.4) is 0 Å². The summed E-state index contributed by atoms with van der Waals surface area (Å²) in [4.78, 5) is 9.38. The molecule has 0 saturated carbocycles. The van der Waals surface area contributed by atoms with Crippen molar-refractivity contribution in [2.45, 2.75) is 18.8 Å². The van der Waals surface area contributed by atoms with Gasteiger partial charge in [-0.05, 0) is 61.7 Å². The first-order valence-corrected chi connectivity index (χ1v) is 9.49. The standard InChI is InChI=1S/C19H19N5S/c1-24-11-15-8-13(2-3-16(15)23-24)19-22-18-17(25-19)9-14(10-21-18)12-4-6-20-7-5-12/h2-3,8-12,20H,4-7H2,1H3. The van der Waals surface area contributed by atoms with Crippen molar-refractivity contribution < 1.29 is 0 Å². The molecule has 5 nitrogen and oxygen atoms in total. The average molecular weight is 349 g/mol. The van der Waals surface area contributed by atoms with Crippen molar-refractivity contribution in [2.24, 2.45) is 7.05 Å². The lowest BCUT2D eigenvalue weighted by atomic mass is 9.91. The van der Waals surface area contributed by atoms with E-state index in [0.717, 1.165) is 40.2 Å². The number of rotatable bonds is 2. The Morgan fingerprint density at radius 2 is 2.08 bits per heavy atom. The number of benzene rings is 1. The van der Waals surface area contributed by atoms with Crippen LogP contribution in [0.15, 0.2) is 36.7 Å². The molecule has 0 spiro atoms. The Morgan fingerprint density at radius 3 is 2.96 bits per heavy atom. The van der Waals surface area contributed by atoms with Crippen molar-refractivity contribution in [3.8, 4) is 10.6 Å². The number of pyridine rings is 1. The molecule has 0 radical (unpaired) electrons. The van der Waals surface area contributed by atoms with E-state index < -0.39 is 0 Å². The lowest BCUT2D eigenvalue weighted by Crippen LogP contribution is -2.26. The molecule has 0 aliphatic carbocycles. The van der Waals surface area contributed by atoms with Gasteiger partial charge in [-0.2, -0.15) is 5.10 Å². The zero-order valence-electron chi connectivity index (χ0n) is 14.1. The van der Waals surface area contributed by atoms with Crippen LogP contribution >= 0.6 is 11.3 Å². The molecule has 1 aliphatic heterocycles. The molecule has 0 amide bonds. The van der Waals surface area contributed by atoms with Gasteiger partial charge in [0.05, 0.1) is 10.2 Å². The van der Waals surface area contributed by atoms with Gasteiger partial charge >= 0.3 is 0 Å². The van der Waals surface area contributed by atoms with Gasteiger partial charge < -0.3 is 5.32 Å². The maximum Gasteiger partial charge on any atom is 0.170 e. The monoisotopic (exact) mass is 349 g/mol. The third-order valence-electron chi connectivity index (χ3n) is 4.94. The molecule has 25 heavy (non-hydrogen) atoms. The summed E-state index contributed by atoms with van der Waals surface area (Å²) >= 11 is 1.73. The Hall–Kier alpha value is -2.31. The smallest absolute Gasteiger partial charge is 0.170 e. The molecule has 1 aliphatic rings. The summed E-state index contributed by atoms with van der Waals surface area (Å²) < 4.78 is 3.02. The van der Waals surface area contributed by atoms with E-state index in [1.165, 1.54) is 23.1 Å². The highest BCUT2D eigenvalue weighted by molar-refractivity contribution is 7.21. The van der Waals surface area contributed by atoms with E-state index in [1.54, 1.807) is 11.3 Å². The van der Waals surface area contributed by atoms with Crippen LogP contribution in [0.5, 0.6) is 0 Å². The number of nitrogens with one attached hydrogen (secondary N) is 1. The van der Waals surface area contributed by atoms with E-state index >= 15 is 0 Å². The fourth-order valence-electron chi connectivity index (χ4n) is 3.62. The largest absolute Gasteiger partial charge is 0.317 e. The van der Waals surface area contributed by atoms with Crippen LogP contribution < -0.4 is 5.32 Å². The summed E-state index contributed by atoms with van der Waals surface area (Å²) in [6, 6.07) is 8.61. The van der Waals surface area contributed by atoms with Crippen LogP contribution in [0.25, 0.3) is 31.8 Å². The third kappa shape index (κ3) is 2.71. The summed E-state index contributed by atoms with van der Waals surface area (Å²) in [5.41, 5.74) is 4.35. The molecule has 5 rings (SSSR count). The number of nitrogens with zero attached hydrogens (tertiary/aromatic N) is 4. The molecule has 3 aromatic heterocycles. The Balaban J connectivity index is 1.54. The van der Waals surface area contributed by atoms with E-state index in [0.29, 0.717) is 5.92 Å². The number of hydrogen-bond donors (Lipinski definition) is 1. The lowest BCUT2D eigenvalue weighted by Gasteiger charge is -2.22. The number of thiazole rings is 1. The first-order chi connectivity index (χ1) is 12.3. The highest BCUT2D eigenvalue weighted by atomic mass is 32.1. The van der Waals surface area contributed by atoms with Gasteiger partial charge in [-0.3, -0.25) is 4.68 Å². The molecule has 1 N–H and O–H groups in total. The van der Waals surface area contributed by atoms with E-state index in [1.807, 2.05) is 24.1 Å². The SMILES string of the molecule is Cn1cc2cc(-c3nc4ncc(C5CCNCC5)cc4s3)ccc2n1. The molecule has 4 aromatic rings. The van der Waals surface area contributed by atoms with Crippen molar-refractivity contribution in [1.29, 1.82) is 0 Å². The number of aromatic nitrogens is 4. The van der Waals surface area contributed by atoms with Crippen LogP contribution in [0.2, 0.25) is 0 Å². The van der Waals surface area contributed by atoms with Gasteiger partial charge in [0, 0.05) is 30.4 Å². The van der Waals surface area contributed by atoms with Crippen LogP contribution in [0.4, 0.5) is 0 Å². The Kier molecular flexibility index (Phi) is 3.53. The van der Waals surface area contributed by atoms with Gasteiger partial charge in [0.15, 0.2) is 5.65 Å². The van der Waals surface area contributed by atoms with Gasteiger partial charge in [0.1, 0.15) is 5.01 Å². The number of fused-ring (bicyclic) bond motifs is 2. The van der Waals surface area contributed by atoms with E-state index in [9.17, 15) is 0 Å². The van der Waals surface area contributed by atoms with E-state index in [-0.39, 0.29) is 0 Å². The van der Waals surface area contributed by atoms with E-state index in [4.69, 9.17) is 4.98 Å². The second kappa shape index (κ2) is 5.89. The zero-order valence-corrected chi connectivity index (χ0v) is 14.9. The molecule has 126 valence electrons. The first kappa shape index (κ1) is 15.0. The molecule has 4 heterocycles. The highest BCUT2D eigenvalue weighted by Crippen LogP contribution is 2.33. The fraction of sp³-hybridized carbons (Fsp3) is 0.316. The molecule has 1 saturated heterocycles. The minimum absolute atomic E-state index is 0.621. The summed E-state index contributed by atoms with van der Waals surface area (Å²) in [5, 5.41) is 10.0. The fourth-order valence-corrected chi connectivity index (χ4v) is 4.59. The highest BCUT2D eigenvalue weighted by Gasteiger charge is 2.17. The Labute approximate surface area is 149 Å². The number of hydrogen-bond acceptors (Lipinski definition) is 5. The first-order valence-electron chi connectivity index (χ1n) is 8.67. The average Bonchev–Trinajstić information content (AvgIpc) is 3.23. The molecule has 0 bridgehead atoms. The Bertz CT molecular complexity index is 1060. The molecule has 1 aromatic carbocycles. The van der Waals surface area contributed by atoms with Crippen LogP contribution in [-0.4, -0.2) is 32.8 Å². The van der Waals surface area contributed by atoms with Crippen LogP contribution in [0, 0.1) is 0 Å². The van der Waals surface area contributed by atoms with Gasteiger partial charge in [-0.1, -0.05) is 0 Å². The van der Waals surface area contributed by atoms with Crippen molar-refractivity contribution in [1.82, 2.24) is 25.1 Å². The minimum atomic E-state index is 0.621. The van der Waals surface area contributed by atoms with Crippen LogP contribution in [-0.2, 0) is 7.05 Å². The van der Waals surface area contributed by atoms with Crippen molar-refractivity contribution >= 4 is 32.6 Å². The topological polar surface area (TPSA) is 55.6 Å². The predicted molar refractivity (Wildman–Crippen MR) is 102 cm³/mol. The summed E-state index contributed by atoms with van der Waals surface area (Å²) in [6.45, 7) is 2.20. The van der Waals surface area contributed by atoms with Crippen molar-refractivity contribution in [3.63, 3.8) is 0 Å². The second-order valence-corrected chi connectivity index (χ2v) is 7.74. The number of aryl methyl sites for hydroxylation is 1. The summed E-state index contributed by atoms with van der Waals surface area (Å²) in [5.74, 6) is 0.621. The second-order valence-electron chi connectivity index (χ2n) is 6.71. The van der Waals surface area contributed by atoms with Gasteiger partial charge in [-0.25, -0.2) is 9.97 Å². The summed E-state index contributed by atoms with van der Waals surface area (Å²) in [6.07, 6.45) is 6.44. The van der Waals surface area contributed by atoms with E-state index in [2.05, 4.69) is 39.7 Å². The van der Waals surface area contributed by atoms with Crippen molar-refractivity contribution in [2.75, 3.05) is 13.1 Å².